The molecule has 2 aromatic carbocycles. The number of Topliss-reactive ketones (excluding diaryl/α,β-unsaturated/α-hetero) is 1. The van der Waals surface area contributed by atoms with E-state index in [-0.39, 0.29) is 28.0 Å². The van der Waals surface area contributed by atoms with Gasteiger partial charge in [-0.2, -0.15) is 0 Å². The van der Waals surface area contributed by atoms with Gasteiger partial charge in [-0.25, -0.2) is 0 Å². The molecule has 1 fully saturated rings. The number of ether oxygens (including phenoxy) is 2. The third-order valence-corrected chi connectivity index (χ3v) is 8.43. The fraction of sp³-hybridized carbons (Fsp3) is 0.464. The number of carbonyl (C=O) groups excluding carboxylic acids is 3. The average Bonchev–Trinajstić information content (AvgIpc) is 2.92. The molecule has 0 aliphatic heterocycles. The zero-order valence-electron chi connectivity index (χ0n) is 21.5. The average molecular weight is 542 g/mol. The van der Waals surface area contributed by atoms with Gasteiger partial charge in [-0.05, 0) is 18.9 Å². The van der Waals surface area contributed by atoms with Crippen LogP contribution < -0.4 is 10.5 Å². The van der Waals surface area contributed by atoms with E-state index in [2.05, 4.69) is 0 Å². The summed E-state index contributed by atoms with van der Waals surface area (Å²) in [4.78, 5) is 39.8. The van der Waals surface area contributed by atoms with Crippen LogP contribution in [0.2, 0.25) is 0 Å². The Morgan fingerprint density at radius 3 is 2.46 bits per heavy atom. The maximum Gasteiger partial charge on any atom is 0.202 e. The maximum atomic E-state index is 13.7. The van der Waals surface area contributed by atoms with Crippen LogP contribution in [0.3, 0.4) is 0 Å². The van der Waals surface area contributed by atoms with Gasteiger partial charge >= 0.3 is 0 Å². The van der Waals surface area contributed by atoms with E-state index in [9.17, 15) is 39.9 Å². The summed E-state index contributed by atoms with van der Waals surface area (Å²) in [6, 6.07) is 3.94. The molecular weight excluding hydrogens is 510 g/mol. The zero-order valence-corrected chi connectivity index (χ0v) is 21.5. The Labute approximate surface area is 223 Å². The Hall–Kier alpha value is -3.35. The molecule has 0 aromatic heterocycles. The Morgan fingerprint density at radius 2 is 1.79 bits per heavy atom. The van der Waals surface area contributed by atoms with E-state index in [1.165, 1.54) is 25.3 Å². The highest BCUT2D eigenvalue weighted by Gasteiger charge is 2.50. The molecule has 3 aliphatic rings. The van der Waals surface area contributed by atoms with Crippen molar-refractivity contribution in [3.63, 3.8) is 0 Å². The third-order valence-electron chi connectivity index (χ3n) is 8.43. The SMILES string of the molecule is COc1cccc2c1C(=O)c1c(O)c3c(c(O)c1C2=O)C[C@@](O)(C(=O)CO)CC3OC1CCC(N)C(O)C1C. The number of fused-ring (bicyclic) bond motifs is 3. The molecule has 0 heterocycles. The molecule has 0 bridgehead atoms. The van der Waals surface area contributed by atoms with Crippen molar-refractivity contribution in [3.05, 3.63) is 51.6 Å². The molecule has 0 amide bonds. The van der Waals surface area contributed by atoms with Gasteiger partial charge in [0.05, 0.1) is 42.1 Å². The number of aliphatic hydroxyl groups excluding tert-OH is 2. The van der Waals surface area contributed by atoms with Crippen molar-refractivity contribution in [2.75, 3.05) is 13.7 Å². The van der Waals surface area contributed by atoms with Crippen LogP contribution in [0.1, 0.15) is 75.3 Å². The second-order valence-electron chi connectivity index (χ2n) is 10.6. The molecule has 0 spiro atoms. The standard InChI is InChI=1S/C28H31NO10/c1-11-15(7-6-14(29)23(11)32)39-17-9-28(37,18(31)10-30)8-13-20(17)27(36)22-21(25(13)34)24(33)12-4-3-5-16(38-2)19(12)26(22)35/h3-5,11,14-15,17,23,30,32,34,36-37H,6-10,29H2,1-2H3/t11?,14?,15?,17?,23?,28-/m0/s1. The first-order chi connectivity index (χ1) is 18.4. The second kappa shape index (κ2) is 9.68. The van der Waals surface area contributed by atoms with E-state index in [1.54, 1.807) is 6.92 Å². The third kappa shape index (κ3) is 4.04. The summed E-state index contributed by atoms with van der Waals surface area (Å²) in [5.74, 6) is -4.04. The summed E-state index contributed by atoms with van der Waals surface area (Å²) >= 11 is 0. The molecule has 5 rings (SSSR count). The van der Waals surface area contributed by atoms with Crippen LogP contribution in [0.25, 0.3) is 0 Å². The Morgan fingerprint density at radius 1 is 1.10 bits per heavy atom. The predicted octanol–water partition coefficient (Wildman–Crippen LogP) is 0.665. The lowest BCUT2D eigenvalue weighted by Crippen LogP contribution is -2.51. The smallest absolute Gasteiger partial charge is 0.202 e. The van der Waals surface area contributed by atoms with E-state index in [0.29, 0.717) is 12.8 Å². The van der Waals surface area contributed by atoms with Gasteiger partial charge in [0.2, 0.25) is 5.78 Å². The molecule has 0 saturated heterocycles. The van der Waals surface area contributed by atoms with Crippen molar-refractivity contribution in [2.45, 2.75) is 62.6 Å². The van der Waals surface area contributed by atoms with Crippen LogP contribution in [0, 0.1) is 5.92 Å². The largest absolute Gasteiger partial charge is 0.507 e. The van der Waals surface area contributed by atoms with Crippen LogP contribution >= 0.6 is 0 Å². The van der Waals surface area contributed by atoms with Crippen LogP contribution in [-0.2, 0) is 16.0 Å². The number of phenolic OH excluding ortho intramolecular Hbond substituents is 2. The summed E-state index contributed by atoms with van der Waals surface area (Å²) in [7, 11) is 1.33. The number of rotatable bonds is 5. The lowest BCUT2D eigenvalue weighted by molar-refractivity contribution is -0.154. The number of hydrogen-bond donors (Lipinski definition) is 6. The molecule has 0 radical (unpaired) electrons. The molecule has 39 heavy (non-hydrogen) atoms. The molecule has 11 heteroatoms. The molecule has 7 N–H and O–H groups in total. The first kappa shape index (κ1) is 27.2. The van der Waals surface area contributed by atoms with Gasteiger partial charge in [0.15, 0.2) is 11.6 Å². The predicted molar refractivity (Wildman–Crippen MR) is 135 cm³/mol. The summed E-state index contributed by atoms with van der Waals surface area (Å²) in [5.41, 5.74) is 2.62. The van der Waals surface area contributed by atoms with Crippen molar-refractivity contribution < 1.29 is 49.4 Å². The number of carbonyl (C=O) groups is 3. The molecule has 2 aromatic rings. The van der Waals surface area contributed by atoms with Gasteiger partial charge < -0.3 is 40.7 Å². The van der Waals surface area contributed by atoms with Crippen LogP contribution in [-0.4, -0.2) is 80.4 Å². The highest BCUT2D eigenvalue weighted by Crippen LogP contribution is 2.52. The van der Waals surface area contributed by atoms with E-state index < -0.39 is 95.3 Å². The van der Waals surface area contributed by atoms with Crippen molar-refractivity contribution >= 4 is 17.3 Å². The Bertz CT molecular complexity index is 1390. The summed E-state index contributed by atoms with van der Waals surface area (Å²) in [6.07, 6.45) is -2.81. The van der Waals surface area contributed by atoms with Crippen LogP contribution in [0.15, 0.2) is 18.2 Å². The second-order valence-corrected chi connectivity index (χ2v) is 10.6. The number of methoxy groups -OCH3 is 1. The van der Waals surface area contributed by atoms with Gasteiger partial charge in [0.25, 0.3) is 0 Å². The number of aromatic hydroxyl groups is 2. The number of phenols is 2. The maximum absolute atomic E-state index is 13.7. The van der Waals surface area contributed by atoms with Gasteiger partial charge in [-0.3, -0.25) is 14.4 Å². The number of benzene rings is 2. The molecule has 6 atom stereocenters. The minimum Gasteiger partial charge on any atom is -0.507 e. The lowest BCUT2D eigenvalue weighted by atomic mass is 9.71. The molecule has 208 valence electrons. The topological polar surface area (TPSA) is 197 Å². The molecule has 5 unspecified atom stereocenters. The highest BCUT2D eigenvalue weighted by atomic mass is 16.5. The summed E-state index contributed by atoms with van der Waals surface area (Å²) in [6.45, 7) is 0.743. The fourth-order valence-corrected chi connectivity index (χ4v) is 6.20. The molecule has 3 aliphatic carbocycles. The van der Waals surface area contributed by atoms with Gasteiger partial charge in [0, 0.05) is 41.5 Å². The molecule has 11 nitrogen and oxygen atoms in total. The number of nitrogens with two attached hydrogens (primary N) is 1. The lowest BCUT2D eigenvalue weighted by Gasteiger charge is -2.43. The van der Waals surface area contributed by atoms with E-state index >= 15 is 0 Å². The Kier molecular flexibility index (Phi) is 6.76. The van der Waals surface area contributed by atoms with E-state index in [1.807, 2.05) is 0 Å². The number of hydrogen-bond acceptors (Lipinski definition) is 11. The fourth-order valence-electron chi connectivity index (χ4n) is 6.20. The number of aliphatic hydroxyl groups is 3. The minimum absolute atomic E-state index is 0.0341. The van der Waals surface area contributed by atoms with Crippen molar-refractivity contribution in [2.24, 2.45) is 11.7 Å². The van der Waals surface area contributed by atoms with E-state index in [0.717, 1.165) is 0 Å². The summed E-state index contributed by atoms with van der Waals surface area (Å²) < 4.78 is 11.6. The highest BCUT2D eigenvalue weighted by molar-refractivity contribution is 6.31. The molecule has 1 saturated carbocycles. The van der Waals surface area contributed by atoms with Crippen molar-refractivity contribution in [3.8, 4) is 17.2 Å². The number of ketones is 3. The van der Waals surface area contributed by atoms with Crippen LogP contribution in [0.5, 0.6) is 17.2 Å². The summed E-state index contributed by atoms with van der Waals surface area (Å²) in [5, 5.41) is 54.2. The minimum atomic E-state index is -2.19. The first-order valence-electron chi connectivity index (χ1n) is 12.8. The van der Waals surface area contributed by atoms with Gasteiger partial charge in [-0.1, -0.05) is 19.1 Å². The Balaban J connectivity index is 1.70. The van der Waals surface area contributed by atoms with Crippen molar-refractivity contribution in [1.29, 1.82) is 0 Å². The molecular formula is C28H31NO10. The zero-order chi connectivity index (χ0) is 28.4. The van der Waals surface area contributed by atoms with E-state index in [4.69, 9.17) is 15.2 Å². The normalized spacial score (nSPS) is 29.8. The first-order valence-corrected chi connectivity index (χ1v) is 12.8. The monoisotopic (exact) mass is 541 g/mol. The van der Waals surface area contributed by atoms with Gasteiger partial charge in [0.1, 0.15) is 29.5 Å². The van der Waals surface area contributed by atoms with Crippen molar-refractivity contribution in [1.82, 2.24) is 0 Å². The van der Waals surface area contributed by atoms with Gasteiger partial charge in [-0.15, -0.1) is 0 Å². The van der Waals surface area contributed by atoms with Crippen LogP contribution in [0.4, 0.5) is 0 Å². The quantitative estimate of drug-likeness (QED) is 0.248.